The second kappa shape index (κ2) is 11.9. The molecule has 5 nitrogen and oxygen atoms in total. The molecule has 0 saturated carbocycles. The van der Waals surface area contributed by atoms with E-state index >= 15 is 0 Å². The summed E-state index contributed by atoms with van der Waals surface area (Å²) < 4.78 is 82.1. The number of nitrogens with one attached hydrogen (secondary N) is 1. The van der Waals surface area contributed by atoms with Gasteiger partial charge in [0.1, 0.15) is 5.82 Å². The summed E-state index contributed by atoms with van der Waals surface area (Å²) in [5.41, 5.74) is 1.99. The monoisotopic (exact) mass is 630 g/mol. The normalized spacial score (nSPS) is 17.3. The highest BCUT2D eigenvalue weighted by atomic mass is 35.5. The molecule has 1 atom stereocenters. The summed E-state index contributed by atoms with van der Waals surface area (Å²) in [6.45, 7) is 2.11. The largest absolute Gasteiger partial charge is 0.418 e. The molecule has 0 bridgehead atoms. The van der Waals surface area contributed by atoms with E-state index < -0.39 is 23.5 Å². The van der Waals surface area contributed by atoms with Crippen molar-refractivity contribution in [2.45, 2.75) is 24.9 Å². The number of benzene rings is 3. The van der Waals surface area contributed by atoms with Gasteiger partial charge < -0.3 is 15.1 Å². The van der Waals surface area contributed by atoms with E-state index in [9.17, 15) is 26.3 Å². The molecule has 1 radical (unpaired) electrons. The Kier molecular flexibility index (Phi) is 8.10. The lowest BCUT2D eigenvalue weighted by Crippen LogP contribution is -2.43. The van der Waals surface area contributed by atoms with Crippen LogP contribution in [-0.4, -0.2) is 37.7 Å². The maximum Gasteiger partial charge on any atom is 0.418 e. The molecule has 1 saturated heterocycles. The smallest absolute Gasteiger partial charge is 0.368 e. The van der Waals surface area contributed by atoms with Gasteiger partial charge in [0.2, 0.25) is 0 Å². The zero-order chi connectivity index (χ0) is 31.1. The van der Waals surface area contributed by atoms with Crippen molar-refractivity contribution in [3.63, 3.8) is 0 Å². The fraction of sp³-hybridized carbons (Fsp3) is 0.281. The Morgan fingerprint density at radius 1 is 0.818 bits per heavy atom. The third-order valence-electron chi connectivity index (χ3n) is 7.91. The summed E-state index contributed by atoms with van der Waals surface area (Å²) in [6, 6.07) is 18.4. The van der Waals surface area contributed by atoms with Crippen LogP contribution >= 0.6 is 11.6 Å². The Balaban J connectivity index is 1.22. The molecule has 2 aliphatic rings. The van der Waals surface area contributed by atoms with Crippen molar-refractivity contribution in [3.05, 3.63) is 106 Å². The maximum absolute atomic E-state index is 13.7. The van der Waals surface area contributed by atoms with Gasteiger partial charge in [-0.1, -0.05) is 48.0 Å². The first-order chi connectivity index (χ1) is 21.0. The van der Waals surface area contributed by atoms with Gasteiger partial charge in [-0.15, -0.1) is 0 Å². The fourth-order valence-corrected chi connectivity index (χ4v) is 5.96. The van der Waals surface area contributed by atoms with Gasteiger partial charge in [0.15, 0.2) is 0 Å². The average Bonchev–Trinajstić information content (AvgIpc) is 3.00. The number of rotatable bonds is 5. The van der Waals surface area contributed by atoms with Crippen LogP contribution in [0.3, 0.4) is 0 Å². The number of hydrogen-bond donors (Lipinski definition) is 1. The molecule has 1 N–H and O–H groups in total. The average molecular weight is 631 g/mol. The number of anilines is 3. The second-order valence-electron chi connectivity index (χ2n) is 10.7. The highest BCUT2D eigenvalue weighted by Crippen LogP contribution is 2.39. The lowest BCUT2D eigenvalue weighted by atomic mass is 9.99. The van der Waals surface area contributed by atoms with Crippen LogP contribution in [0, 0.1) is 0 Å². The van der Waals surface area contributed by atoms with Gasteiger partial charge in [-0.25, -0.2) is 10.3 Å². The summed E-state index contributed by atoms with van der Waals surface area (Å²) in [5, 5.41) is 8.11. The van der Waals surface area contributed by atoms with E-state index in [2.05, 4.69) is 15.6 Å². The maximum atomic E-state index is 13.7. The number of aromatic nitrogens is 1. The third kappa shape index (κ3) is 6.30. The van der Waals surface area contributed by atoms with E-state index in [4.69, 9.17) is 11.6 Å². The highest BCUT2D eigenvalue weighted by molar-refractivity contribution is 6.30. The number of para-hydroxylation sites is 1. The molecule has 6 rings (SSSR count). The minimum atomic E-state index is -4.51. The van der Waals surface area contributed by atoms with Crippen LogP contribution in [0.15, 0.2) is 79.0 Å². The van der Waals surface area contributed by atoms with Gasteiger partial charge in [-0.2, -0.15) is 26.3 Å². The number of nitrogens with zero attached hydrogens (tertiary/aromatic N) is 4. The molecule has 1 aromatic heterocycles. The predicted molar refractivity (Wildman–Crippen MR) is 159 cm³/mol. The first-order valence-electron chi connectivity index (χ1n) is 14.0. The van der Waals surface area contributed by atoms with Crippen LogP contribution in [0.4, 0.5) is 43.5 Å². The molecular weight excluding hydrogens is 604 g/mol. The Bertz CT molecular complexity index is 1640. The summed E-state index contributed by atoms with van der Waals surface area (Å²) in [7, 11) is 0. The van der Waals surface area contributed by atoms with Gasteiger partial charge in [-0.3, -0.25) is 0 Å². The quantitative estimate of drug-likeness (QED) is 0.227. The van der Waals surface area contributed by atoms with Crippen molar-refractivity contribution in [2.24, 2.45) is 0 Å². The first kappa shape index (κ1) is 30.1. The summed E-state index contributed by atoms with van der Waals surface area (Å²) in [4.78, 5) is 8.12. The number of alkyl halides is 6. The Morgan fingerprint density at radius 2 is 1.57 bits per heavy atom. The van der Waals surface area contributed by atoms with Crippen molar-refractivity contribution in [1.82, 2.24) is 10.3 Å². The molecule has 0 spiro atoms. The molecule has 2 aliphatic heterocycles. The molecule has 0 amide bonds. The van der Waals surface area contributed by atoms with E-state index in [0.717, 1.165) is 28.8 Å². The molecule has 229 valence electrons. The number of hydrogen-bond acceptors (Lipinski definition) is 4. The summed E-state index contributed by atoms with van der Waals surface area (Å²) in [5.74, 6) is 0.576. The van der Waals surface area contributed by atoms with E-state index in [-0.39, 0.29) is 28.9 Å². The molecule has 0 aliphatic carbocycles. The molecule has 3 aromatic carbocycles. The molecule has 4 aromatic rings. The molecule has 3 heterocycles. The summed E-state index contributed by atoms with van der Waals surface area (Å²) in [6.07, 6.45) is -7.27. The van der Waals surface area contributed by atoms with Crippen molar-refractivity contribution in [3.8, 4) is 11.1 Å². The first-order valence-corrected chi connectivity index (χ1v) is 14.4. The molecule has 1 fully saturated rings. The van der Waals surface area contributed by atoms with Crippen LogP contribution in [0.1, 0.15) is 28.3 Å². The zero-order valence-electron chi connectivity index (χ0n) is 23.3. The van der Waals surface area contributed by atoms with E-state index in [1.807, 2.05) is 35.2 Å². The zero-order valence-corrected chi connectivity index (χ0v) is 24.0. The van der Waals surface area contributed by atoms with E-state index in [1.54, 1.807) is 17.2 Å². The van der Waals surface area contributed by atoms with Crippen LogP contribution in [0.2, 0.25) is 5.02 Å². The molecule has 12 heteroatoms. The minimum absolute atomic E-state index is 0.00526. The molecular formula is C32H27ClF6N5. The van der Waals surface area contributed by atoms with Gasteiger partial charge >= 0.3 is 12.4 Å². The number of fused-ring (bicyclic) bond motifs is 1. The van der Waals surface area contributed by atoms with Gasteiger partial charge in [0.25, 0.3) is 0 Å². The van der Waals surface area contributed by atoms with Crippen LogP contribution < -0.4 is 20.4 Å². The number of piperazine rings is 1. The van der Waals surface area contributed by atoms with Crippen molar-refractivity contribution < 1.29 is 26.3 Å². The third-order valence-corrected chi connectivity index (χ3v) is 8.14. The van der Waals surface area contributed by atoms with Crippen LogP contribution in [0.5, 0.6) is 0 Å². The Labute approximate surface area is 255 Å². The topological polar surface area (TPSA) is 45.5 Å². The van der Waals surface area contributed by atoms with Gasteiger partial charge in [-0.05, 0) is 53.1 Å². The van der Waals surface area contributed by atoms with Gasteiger partial charge in [0.05, 0.1) is 22.9 Å². The molecule has 1 unspecified atom stereocenters. The van der Waals surface area contributed by atoms with Crippen LogP contribution in [-0.2, 0) is 18.9 Å². The second-order valence-corrected chi connectivity index (χ2v) is 11.2. The lowest BCUT2D eigenvalue weighted by molar-refractivity contribution is -0.138. The Morgan fingerprint density at radius 3 is 2.32 bits per heavy atom. The molecule has 44 heavy (non-hydrogen) atoms. The van der Waals surface area contributed by atoms with Crippen molar-refractivity contribution in [1.29, 1.82) is 0 Å². The Hall–Kier alpha value is -3.96. The predicted octanol–water partition coefficient (Wildman–Crippen LogP) is 8.04. The fourth-order valence-electron chi connectivity index (χ4n) is 5.77. The number of halogens is 7. The highest BCUT2D eigenvalue weighted by Gasteiger charge is 2.36. The van der Waals surface area contributed by atoms with Crippen molar-refractivity contribution >= 4 is 28.8 Å². The lowest BCUT2D eigenvalue weighted by Gasteiger charge is -2.35. The minimum Gasteiger partial charge on any atom is -0.368 e. The van der Waals surface area contributed by atoms with Crippen molar-refractivity contribution in [2.75, 3.05) is 47.8 Å². The standard InChI is InChI=1S/C32H27ClF6N5/c33-24-9-10-25(31(34,35)36)23(15-24)18-43-14-12-41-30-29(43)16-22(17-42-30)20-5-7-21(8-6-20)27-19-44(13-11-40-27)28-4-2-1-3-26(28)32(37,38)39/h1-10,15-17,27H,11-14,18-19H2,(H,41,42). The summed E-state index contributed by atoms with van der Waals surface area (Å²) >= 11 is 6.06. The van der Waals surface area contributed by atoms with Crippen LogP contribution in [0.25, 0.3) is 11.1 Å². The van der Waals surface area contributed by atoms with E-state index in [1.165, 1.54) is 24.3 Å². The SMILES string of the molecule is FC(F)(F)c1ccc(Cl)cc1CN1CCNc2ncc(-c3ccc(C4CN(c5ccccc5C(F)(F)F)CC[N]4)cc3)cc21. The van der Waals surface area contributed by atoms with E-state index in [0.29, 0.717) is 44.2 Å². The van der Waals surface area contributed by atoms with Gasteiger partial charge in [0, 0.05) is 61.7 Å². The number of pyridine rings is 1.